The molecular weight excluding hydrogens is 198 g/mol. The molecular formula is C10H13NO2S. The van der Waals surface area contributed by atoms with Gasteiger partial charge >= 0.3 is 5.97 Å². The largest absolute Gasteiger partial charge is 0.464 e. The molecule has 14 heavy (non-hydrogen) atoms. The highest BCUT2D eigenvalue weighted by molar-refractivity contribution is 7.09. The Morgan fingerprint density at radius 3 is 2.93 bits per heavy atom. The number of thiazole rings is 1. The second-order valence-corrected chi connectivity index (χ2v) is 4.43. The number of methoxy groups -OCH3 is 1. The third kappa shape index (κ3) is 1.80. The minimum Gasteiger partial charge on any atom is -0.464 e. The summed E-state index contributed by atoms with van der Waals surface area (Å²) < 4.78 is 4.62. The third-order valence-corrected chi connectivity index (χ3v) is 3.63. The van der Waals surface area contributed by atoms with Crippen molar-refractivity contribution in [3.63, 3.8) is 0 Å². The van der Waals surface area contributed by atoms with Gasteiger partial charge in [0.05, 0.1) is 12.1 Å². The van der Waals surface area contributed by atoms with Crippen LogP contribution in [-0.4, -0.2) is 18.1 Å². The van der Waals surface area contributed by atoms with Crippen molar-refractivity contribution in [2.75, 3.05) is 7.11 Å². The first-order valence-electron chi connectivity index (χ1n) is 4.85. The van der Waals surface area contributed by atoms with Gasteiger partial charge in [0, 0.05) is 11.3 Å². The fourth-order valence-corrected chi connectivity index (χ4v) is 2.81. The van der Waals surface area contributed by atoms with E-state index in [0.717, 1.165) is 5.01 Å². The van der Waals surface area contributed by atoms with Crippen LogP contribution in [-0.2, 0) is 4.74 Å². The summed E-state index contributed by atoms with van der Waals surface area (Å²) in [5.41, 5.74) is 0.458. The molecule has 0 N–H and O–H groups in total. The average molecular weight is 211 g/mol. The van der Waals surface area contributed by atoms with Gasteiger partial charge in [0.2, 0.25) is 0 Å². The topological polar surface area (TPSA) is 39.2 Å². The molecule has 4 heteroatoms. The standard InChI is InChI=1S/C10H13NO2S/c1-13-10(12)8-6-14-9(11-8)7-4-2-3-5-7/h6-7H,2-5H2,1H3. The van der Waals surface area contributed by atoms with E-state index in [0.29, 0.717) is 11.6 Å². The van der Waals surface area contributed by atoms with E-state index in [4.69, 9.17) is 0 Å². The van der Waals surface area contributed by atoms with Crippen LogP contribution in [0.4, 0.5) is 0 Å². The van der Waals surface area contributed by atoms with Crippen molar-refractivity contribution in [3.05, 3.63) is 16.1 Å². The lowest BCUT2D eigenvalue weighted by Crippen LogP contribution is -2.02. The Kier molecular flexibility index (Phi) is 2.82. The molecule has 0 bridgehead atoms. The van der Waals surface area contributed by atoms with Crippen LogP contribution in [0.1, 0.15) is 47.1 Å². The van der Waals surface area contributed by atoms with Gasteiger partial charge in [0.1, 0.15) is 0 Å². The number of rotatable bonds is 2. The molecule has 0 saturated heterocycles. The monoisotopic (exact) mass is 211 g/mol. The Balaban J connectivity index is 2.12. The van der Waals surface area contributed by atoms with Gasteiger partial charge in [-0.1, -0.05) is 12.8 Å². The molecule has 1 aromatic heterocycles. The SMILES string of the molecule is COC(=O)c1csc(C2CCCC2)n1. The lowest BCUT2D eigenvalue weighted by atomic mass is 10.1. The van der Waals surface area contributed by atoms with Gasteiger partial charge in [-0.25, -0.2) is 9.78 Å². The Morgan fingerprint density at radius 1 is 1.57 bits per heavy atom. The molecule has 0 spiro atoms. The summed E-state index contributed by atoms with van der Waals surface area (Å²) in [6, 6.07) is 0. The minimum absolute atomic E-state index is 0.328. The Morgan fingerprint density at radius 2 is 2.29 bits per heavy atom. The Labute approximate surface area is 87.1 Å². The van der Waals surface area contributed by atoms with E-state index in [1.165, 1.54) is 32.8 Å². The van der Waals surface area contributed by atoms with Gasteiger partial charge in [-0.3, -0.25) is 0 Å². The quantitative estimate of drug-likeness (QED) is 0.706. The predicted octanol–water partition coefficient (Wildman–Crippen LogP) is 2.59. The lowest BCUT2D eigenvalue weighted by molar-refractivity contribution is 0.0594. The molecule has 0 aliphatic heterocycles. The van der Waals surface area contributed by atoms with Crippen LogP contribution in [0.25, 0.3) is 0 Å². The van der Waals surface area contributed by atoms with Gasteiger partial charge in [-0.05, 0) is 12.8 Å². The lowest BCUT2D eigenvalue weighted by Gasteiger charge is -2.02. The highest BCUT2D eigenvalue weighted by Crippen LogP contribution is 2.35. The van der Waals surface area contributed by atoms with Crippen LogP contribution in [0.15, 0.2) is 5.38 Å². The number of carbonyl (C=O) groups excluding carboxylic acids is 1. The highest BCUT2D eigenvalue weighted by atomic mass is 32.1. The molecule has 1 aliphatic rings. The molecule has 2 rings (SSSR count). The van der Waals surface area contributed by atoms with E-state index in [9.17, 15) is 4.79 Å². The molecule has 0 radical (unpaired) electrons. The molecule has 1 aliphatic carbocycles. The Hall–Kier alpha value is -0.900. The van der Waals surface area contributed by atoms with E-state index in [2.05, 4.69) is 9.72 Å². The zero-order valence-corrected chi connectivity index (χ0v) is 8.97. The summed E-state index contributed by atoms with van der Waals surface area (Å²) in [5, 5.41) is 2.89. The molecule has 1 fully saturated rings. The zero-order valence-electron chi connectivity index (χ0n) is 8.16. The zero-order chi connectivity index (χ0) is 9.97. The molecule has 0 amide bonds. The highest BCUT2D eigenvalue weighted by Gasteiger charge is 2.21. The summed E-state index contributed by atoms with van der Waals surface area (Å²) >= 11 is 1.58. The normalized spacial score (nSPS) is 17.2. The smallest absolute Gasteiger partial charge is 0.357 e. The van der Waals surface area contributed by atoms with E-state index < -0.39 is 0 Å². The average Bonchev–Trinajstić information content (AvgIpc) is 2.86. The van der Waals surface area contributed by atoms with Crippen LogP contribution in [0.2, 0.25) is 0 Å². The summed E-state index contributed by atoms with van der Waals surface area (Å²) in [7, 11) is 1.39. The molecule has 3 nitrogen and oxygen atoms in total. The second-order valence-electron chi connectivity index (χ2n) is 3.54. The number of nitrogens with zero attached hydrogens (tertiary/aromatic N) is 1. The Bertz CT molecular complexity index is 329. The molecule has 0 aromatic carbocycles. The first kappa shape index (κ1) is 9.65. The molecule has 76 valence electrons. The van der Waals surface area contributed by atoms with Crippen LogP contribution < -0.4 is 0 Å². The fraction of sp³-hybridized carbons (Fsp3) is 0.600. The maximum atomic E-state index is 11.2. The van der Waals surface area contributed by atoms with E-state index >= 15 is 0 Å². The first-order valence-corrected chi connectivity index (χ1v) is 5.73. The number of hydrogen-bond acceptors (Lipinski definition) is 4. The molecule has 1 aromatic rings. The summed E-state index contributed by atoms with van der Waals surface area (Å²) in [6.07, 6.45) is 5.01. The molecule has 1 heterocycles. The summed E-state index contributed by atoms with van der Waals surface area (Å²) in [5.74, 6) is 0.254. The van der Waals surface area contributed by atoms with Gasteiger partial charge in [0.15, 0.2) is 5.69 Å². The van der Waals surface area contributed by atoms with Gasteiger partial charge in [-0.2, -0.15) is 0 Å². The van der Waals surface area contributed by atoms with Crippen molar-refractivity contribution in [2.45, 2.75) is 31.6 Å². The van der Waals surface area contributed by atoms with Gasteiger partial charge in [-0.15, -0.1) is 11.3 Å². The van der Waals surface area contributed by atoms with E-state index in [-0.39, 0.29) is 5.97 Å². The summed E-state index contributed by atoms with van der Waals surface area (Å²) in [6.45, 7) is 0. The third-order valence-electron chi connectivity index (χ3n) is 2.62. The van der Waals surface area contributed by atoms with Gasteiger partial charge in [0.25, 0.3) is 0 Å². The van der Waals surface area contributed by atoms with Crippen molar-refractivity contribution < 1.29 is 9.53 Å². The fourth-order valence-electron chi connectivity index (χ4n) is 1.85. The number of aromatic nitrogens is 1. The van der Waals surface area contributed by atoms with Crippen molar-refractivity contribution >= 4 is 17.3 Å². The maximum absolute atomic E-state index is 11.2. The van der Waals surface area contributed by atoms with Crippen molar-refractivity contribution in [3.8, 4) is 0 Å². The molecule has 0 unspecified atom stereocenters. The van der Waals surface area contributed by atoms with Crippen LogP contribution >= 0.6 is 11.3 Å². The maximum Gasteiger partial charge on any atom is 0.357 e. The van der Waals surface area contributed by atoms with Crippen LogP contribution in [0.5, 0.6) is 0 Å². The van der Waals surface area contributed by atoms with Crippen LogP contribution in [0, 0.1) is 0 Å². The van der Waals surface area contributed by atoms with Crippen molar-refractivity contribution in [2.24, 2.45) is 0 Å². The minimum atomic E-state index is -0.328. The van der Waals surface area contributed by atoms with Crippen molar-refractivity contribution in [1.82, 2.24) is 4.98 Å². The van der Waals surface area contributed by atoms with Crippen molar-refractivity contribution in [1.29, 1.82) is 0 Å². The number of ether oxygens (including phenoxy) is 1. The molecule has 1 saturated carbocycles. The number of carbonyl (C=O) groups is 1. The second kappa shape index (κ2) is 4.09. The van der Waals surface area contributed by atoms with Crippen LogP contribution in [0.3, 0.4) is 0 Å². The van der Waals surface area contributed by atoms with Gasteiger partial charge < -0.3 is 4.74 Å². The summed E-state index contributed by atoms with van der Waals surface area (Å²) in [4.78, 5) is 15.5. The predicted molar refractivity (Wildman–Crippen MR) is 54.7 cm³/mol. The number of esters is 1. The number of hydrogen-bond donors (Lipinski definition) is 0. The first-order chi connectivity index (χ1) is 6.81. The van der Waals surface area contributed by atoms with E-state index in [1.54, 1.807) is 16.7 Å². The molecule has 0 atom stereocenters. The van der Waals surface area contributed by atoms with E-state index in [1.807, 2.05) is 0 Å².